The van der Waals surface area contributed by atoms with Gasteiger partial charge in [-0.15, -0.1) is 0 Å². The molecule has 3 rings (SSSR count). The summed E-state index contributed by atoms with van der Waals surface area (Å²) >= 11 is 0. The van der Waals surface area contributed by atoms with Gasteiger partial charge in [-0.3, -0.25) is 4.79 Å². The van der Waals surface area contributed by atoms with Crippen LogP contribution in [0.3, 0.4) is 0 Å². The Morgan fingerprint density at radius 2 is 1.79 bits per heavy atom. The van der Waals surface area contributed by atoms with Crippen LogP contribution < -0.4 is 10.2 Å². The van der Waals surface area contributed by atoms with Crippen molar-refractivity contribution in [3.05, 3.63) is 52.5 Å². The summed E-state index contributed by atoms with van der Waals surface area (Å²) in [7, 11) is 0. The molecule has 2 aromatic rings. The summed E-state index contributed by atoms with van der Waals surface area (Å²) in [5.74, 6) is 0.256. The quantitative estimate of drug-likeness (QED) is 0.863. The van der Waals surface area contributed by atoms with E-state index in [2.05, 4.69) is 15.3 Å². The Balaban J connectivity index is 1.64. The van der Waals surface area contributed by atoms with Crippen molar-refractivity contribution in [3.63, 3.8) is 0 Å². The van der Waals surface area contributed by atoms with Gasteiger partial charge in [-0.2, -0.15) is 13.2 Å². The smallest absolute Gasteiger partial charge is 0.356 e. The molecule has 0 saturated carbocycles. The number of piperidine rings is 1. The van der Waals surface area contributed by atoms with Gasteiger partial charge in [0.2, 0.25) is 0 Å². The third kappa shape index (κ3) is 4.61. The molecular formula is C20H23F3N4O. The molecule has 2 heterocycles. The minimum Gasteiger partial charge on any atom is -0.356 e. The summed E-state index contributed by atoms with van der Waals surface area (Å²) in [5, 5.41) is 3.04. The van der Waals surface area contributed by atoms with Crippen molar-refractivity contribution in [2.24, 2.45) is 0 Å². The molecule has 1 aromatic carbocycles. The lowest BCUT2D eigenvalue weighted by molar-refractivity contribution is -0.141. The fourth-order valence-corrected chi connectivity index (χ4v) is 3.36. The molecule has 1 aromatic heterocycles. The van der Waals surface area contributed by atoms with E-state index in [1.54, 1.807) is 0 Å². The number of amides is 1. The number of hydrogen-bond donors (Lipinski definition) is 1. The molecule has 0 atom stereocenters. The van der Waals surface area contributed by atoms with Crippen LogP contribution in [0.25, 0.3) is 0 Å². The normalized spacial score (nSPS) is 15.6. The maximum absolute atomic E-state index is 13.0. The molecule has 1 aliphatic heterocycles. The molecule has 150 valence electrons. The first-order chi connectivity index (χ1) is 13.1. The number of carbonyl (C=O) groups excluding carboxylic acids is 1. The SMILES string of the molecule is Cc1ccc(C)c(C(=O)NC2CCN(c3cc(C(F)(F)F)nc(C)n3)CC2)c1. The van der Waals surface area contributed by atoms with Crippen LogP contribution in [0.2, 0.25) is 0 Å². The zero-order chi connectivity index (χ0) is 20.5. The molecule has 1 saturated heterocycles. The van der Waals surface area contributed by atoms with Crippen molar-refractivity contribution in [2.75, 3.05) is 18.0 Å². The first kappa shape index (κ1) is 20.1. The number of nitrogens with zero attached hydrogens (tertiary/aromatic N) is 3. The van der Waals surface area contributed by atoms with E-state index < -0.39 is 11.9 Å². The van der Waals surface area contributed by atoms with Gasteiger partial charge >= 0.3 is 6.18 Å². The molecule has 1 aliphatic rings. The summed E-state index contributed by atoms with van der Waals surface area (Å²) in [6.07, 6.45) is -3.22. The number of aryl methyl sites for hydroxylation is 3. The van der Waals surface area contributed by atoms with Crippen LogP contribution >= 0.6 is 0 Å². The minimum absolute atomic E-state index is 0.0197. The predicted octanol–water partition coefficient (Wildman–Crippen LogP) is 3.82. The molecule has 1 fully saturated rings. The second-order valence-electron chi connectivity index (χ2n) is 7.21. The standard InChI is InChI=1S/C20H23F3N4O/c1-12-4-5-13(2)16(10-12)19(28)26-15-6-8-27(9-7-15)18-11-17(20(21,22)23)24-14(3)25-18/h4-5,10-11,15H,6-9H2,1-3H3,(H,26,28). The van der Waals surface area contributed by atoms with Gasteiger partial charge in [0.05, 0.1) is 0 Å². The zero-order valence-electron chi connectivity index (χ0n) is 16.1. The van der Waals surface area contributed by atoms with E-state index in [1.807, 2.05) is 36.9 Å². The number of carbonyl (C=O) groups is 1. The van der Waals surface area contributed by atoms with Crippen LogP contribution in [0.5, 0.6) is 0 Å². The van der Waals surface area contributed by atoms with Gasteiger partial charge in [0.1, 0.15) is 17.3 Å². The number of hydrogen-bond acceptors (Lipinski definition) is 4. The van der Waals surface area contributed by atoms with E-state index in [1.165, 1.54) is 6.92 Å². The van der Waals surface area contributed by atoms with Crippen LogP contribution in [0.1, 0.15) is 45.8 Å². The maximum Gasteiger partial charge on any atom is 0.433 e. The molecule has 1 amide bonds. The fraction of sp³-hybridized carbons (Fsp3) is 0.450. The number of nitrogens with one attached hydrogen (secondary N) is 1. The van der Waals surface area contributed by atoms with Crippen LogP contribution in [-0.4, -0.2) is 35.0 Å². The average Bonchev–Trinajstić information content (AvgIpc) is 2.63. The summed E-state index contributed by atoms with van der Waals surface area (Å²) in [6, 6.07) is 6.71. The third-order valence-electron chi connectivity index (χ3n) is 4.91. The summed E-state index contributed by atoms with van der Waals surface area (Å²) in [4.78, 5) is 22.0. The lowest BCUT2D eigenvalue weighted by Crippen LogP contribution is -2.45. The van der Waals surface area contributed by atoms with E-state index in [9.17, 15) is 18.0 Å². The molecule has 0 spiro atoms. The highest BCUT2D eigenvalue weighted by Gasteiger charge is 2.34. The van der Waals surface area contributed by atoms with E-state index in [4.69, 9.17) is 0 Å². The molecule has 8 heteroatoms. The van der Waals surface area contributed by atoms with Crippen LogP contribution in [0.15, 0.2) is 24.3 Å². The van der Waals surface area contributed by atoms with Crippen molar-refractivity contribution >= 4 is 11.7 Å². The lowest BCUT2D eigenvalue weighted by Gasteiger charge is -2.33. The summed E-state index contributed by atoms with van der Waals surface area (Å²) in [6.45, 7) is 6.33. The van der Waals surface area contributed by atoms with Crippen LogP contribution in [-0.2, 0) is 6.18 Å². The topological polar surface area (TPSA) is 58.1 Å². The molecule has 1 N–H and O–H groups in total. The second-order valence-corrected chi connectivity index (χ2v) is 7.21. The first-order valence-electron chi connectivity index (χ1n) is 9.19. The number of halogens is 3. The molecule has 0 bridgehead atoms. The second kappa shape index (κ2) is 7.77. The highest BCUT2D eigenvalue weighted by Crippen LogP contribution is 2.30. The van der Waals surface area contributed by atoms with Crippen LogP contribution in [0, 0.1) is 20.8 Å². The zero-order valence-corrected chi connectivity index (χ0v) is 16.1. The predicted molar refractivity (Wildman–Crippen MR) is 100 cm³/mol. The maximum atomic E-state index is 13.0. The largest absolute Gasteiger partial charge is 0.433 e. The van der Waals surface area contributed by atoms with Crippen molar-refractivity contribution in [3.8, 4) is 0 Å². The average molecular weight is 392 g/mol. The number of alkyl halides is 3. The Morgan fingerprint density at radius 1 is 1.11 bits per heavy atom. The van der Waals surface area contributed by atoms with E-state index in [0.717, 1.165) is 17.2 Å². The van der Waals surface area contributed by atoms with Crippen molar-refractivity contribution < 1.29 is 18.0 Å². The van der Waals surface area contributed by atoms with E-state index in [0.29, 0.717) is 31.5 Å². The van der Waals surface area contributed by atoms with E-state index in [-0.39, 0.29) is 23.6 Å². The van der Waals surface area contributed by atoms with Crippen LogP contribution in [0.4, 0.5) is 19.0 Å². The Bertz CT molecular complexity index is 874. The lowest BCUT2D eigenvalue weighted by atomic mass is 10.0. The number of aromatic nitrogens is 2. The van der Waals surface area contributed by atoms with Gasteiger partial charge in [-0.05, 0) is 45.2 Å². The van der Waals surface area contributed by atoms with Gasteiger partial charge in [0.25, 0.3) is 5.91 Å². The Morgan fingerprint density at radius 3 is 2.43 bits per heavy atom. The van der Waals surface area contributed by atoms with Gasteiger partial charge < -0.3 is 10.2 Å². The summed E-state index contributed by atoms with van der Waals surface area (Å²) < 4.78 is 39.0. The van der Waals surface area contributed by atoms with Gasteiger partial charge in [0, 0.05) is 30.8 Å². The number of rotatable bonds is 3. The van der Waals surface area contributed by atoms with E-state index >= 15 is 0 Å². The molecule has 0 radical (unpaired) electrons. The number of benzene rings is 1. The Hall–Kier alpha value is -2.64. The third-order valence-corrected chi connectivity index (χ3v) is 4.91. The van der Waals surface area contributed by atoms with Gasteiger partial charge in [0.15, 0.2) is 0 Å². The summed E-state index contributed by atoms with van der Waals surface area (Å²) in [5.41, 5.74) is 1.66. The molecule has 28 heavy (non-hydrogen) atoms. The highest BCUT2D eigenvalue weighted by atomic mass is 19.4. The van der Waals surface area contributed by atoms with Gasteiger partial charge in [-0.25, -0.2) is 9.97 Å². The molecule has 0 unspecified atom stereocenters. The molecule has 0 aliphatic carbocycles. The van der Waals surface area contributed by atoms with Crippen molar-refractivity contribution in [1.82, 2.24) is 15.3 Å². The van der Waals surface area contributed by atoms with Gasteiger partial charge in [-0.1, -0.05) is 17.7 Å². The Labute approximate surface area is 162 Å². The van der Waals surface area contributed by atoms with Crippen molar-refractivity contribution in [2.45, 2.75) is 45.8 Å². The minimum atomic E-state index is -4.50. The monoisotopic (exact) mass is 392 g/mol. The fourth-order valence-electron chi connectivity index (χ4n) is 3.36. The Kier molecular flexibility index (Phi) is 5.58. The first-order valence-corrected chi connectivity index (χ1v) is 9.19. The molecular weight excluding hydrogens is 369 g/mol. The highest BCUT2D eigenvalue weighted by molar-refractivity contribution is 5.96. The van der Waals surface area contributed by atoms with Crippen molar-refractivity contribution in [1.29, 1.82) is 0 Å². The number of anilines is 1. The molecule has 5 nitrogen and oxygen atoms in total.